The largest absolute Gasteiger partial charge is 0.297 e. The summed E-state index contributed by atoms with van der Waals surface area (Å²) in [6, 6.07) is 0. The first-order valence-electron chi connectivity index (χ1n) is 4.54. The summed E-state index contributed by atoms with van der Waals surface area (Å²) < 4.78 is 0. The number of rotatable bonds is 5. The van der Waals surface area contributed by atoms with Crippen molar-refractivity contribution in [1.82, 2.24) is 0 Å². The van der Waals surface area contributed by atoms with Crippen LogP contribution >= 0.6 is 0 Å². The van der Waals surface area contributed by atoms with Gasteiger partial charge in [-0.15, -0.1) is 0 Å². The predicted octanol–water partition coefficient (Wildman–Crippen LogP) is 2.47. The van der Waals surface area contributed by atoms with Gasteiger partial charge in [0.15, 0.2) is 5.78 Å². The molecule has 0 aromatic rings. The lowest BCUT2D eigenvalue weighted by molar-refractivity contribution is -0.127. The summed E-state index contributed by atoms with van der Waals surface area (Å²) in [6.45, 7) is 11.3. The van der Waals surface area contributed by atoms with Crippen LogP contribution in [0.2, 0.25) is 0 Å². The van der Waals surface area contributed by atoms with E-state index in [9.17, 15) is 4.79 Å². The fourth-order valence-electron chi connectivity index (χ4n) is 1.08. The number of hydrogen-bond donors (Lipinski definition) is 0. The highest BCUT2D eigenvalue weighted by molar-refractivity contribution is 5.90. The lowest BCUT2D eigenvalue weighted by Crippen LogP contribution is -2.36. The minimum atomic E-state index is -0.560. The Hall–Kier alpha value is -0.660. The van der Waals surface area contributed by atoms with Crippen molar-refractivity contribution in [3.63, 3.8) is 0 Å². The highest BCUT2D eigenvalue weighted by atomic mass is 16.1. The van der Waals surface area contributed by atoms with Crippen LogP contribution in [-0.4, -0.2) is 18.0 Å². The molecule has 0 aliphatic rings. The molecule has 2 atom stereocenters. The van der Waals surface area contributed by atoms with Gasteiger partial charge in [-0.05, 0) is 26.5 Å². The van der Waals surface area contributed by atoms with Crippen molar-refractivity contribution in [2.24, 2.45) is 10.9 Å². The number of hydrogen-bond acceptors (Lipinski definition) is 2. The first-order chi connectivity index (χ1) is 5.51. The second-order valence-corrected chi connectivity index (χ2v) is 3.46. The molecule has 12 heavy (non-hydrogen) atoms. The molecule has 0 aromatic carbocycles. The van der Waals surface area contributed by atoms with Gasteiger partial charge in [0, 0.05) is 5.92 Å². The molecule has 0 aliphatic carbocycles. The van der Waals surface area contributed by atoms with E-state index in [1.807, 2.05) is 27.7 Å². The number of Topliss-reactive ketones (excluding diaryl/α,β-unsaturated/α-hetero) is 1. The van der Waals surface area contributed by atoms with Gasteiger partial charge in [-0.25, -0.2) is 0 Å². The van der Waals surface area contributed by atoms with Crippen molar-refractivity contribution in [3.05, 3.63) is 0 Å². The lowest BCUT2D eigenvalue weighted by atomic mass is 9.85. The summed E-state index contributed by atoms with van der Waals surface area (Å²) in [5.74, 6) is 0.308. The number of aliphatic imine (C=N–C) groups is 1. The van der Waals surface area contributed by atoms with E-state index in [0.717, 1.165) is 12.8 Å². The molecule has 0 saturated heterocycles. The first-order valence-corrected chi connectivity index (χ1v) is 4.54. The maximum absolute atomic E-state index is 11.7. The van der Waals surface area contributed by atoms with Crippen LogP contribution in [0, 0.1) is 5.92 Å². The Morgan fingerprint density at radius 2 is 2.08 bits per heavy atom. The quantitative estimate of drug-likeness (QED) is 0.581. The van der Waals surface area contributed by atoms with Crippen LogP contribution < -0.4 is 0 Å². The van der Waals surface area contributed by atoms with Gasteiger partial charge in [0.2, 0.25) is 0 Å². The number of carbonyl (C=O) groups is 1. The van der Waals surface area contributed by atoms with Crippen LogP contribution in [0.5, 0.6) is 0 Å². The standard InChI is InChI=1S/C10H19NO/c1-6-8(3)9(12)10(4,7-2)11-5/h8H,5-7H2,1-4H3. The Morgan fingerprint density at radius 1 is 1.58 bits per heavy atom. The number of carbonyl (C=O) groups excluding carboxylic acids is 1. The molecule has 0 radical (unpaired) electrons. The third kappa shape index (κ3) is 2.16. The first kappa shape index (κ1) is 11.3. The molecule has 2 heteroatoms. The molecule has 2 unspecified atom stereocenters. The van der Waals surface area contributed by atoms with Gasteiger partial charge < -0.3 is 0 Å². The molecule has 0 rings (SSSR count). The van der Waals surface area contributed by atoms with Gasteiger partial charge in [0.05, 0.1) is 0 Å². The van der Waals surface area contributed by atoms with Crippen molar-refractivity contribution >= 4 is 12.5 Å². The zero-order chi connectivity index (χ0) is 9.78. The summed E-state index contributed by atoms with van der Waals surface area (Å²) in [5, 5.41) is 0. The summed E-state index contributed by atoms with van der Waals surface area (Å²) in [7, 11) is 0. The lowest BCUT2D eigenvalue weighted by Gasteiger charge is -2.24. The molecule has 0 bridgehead atoms. The SMILES string of the molecule is C=NC(C)(CC)C(=O)C(C)CC. The van der Waals surface area contributed by atoms with E-state index in [1.165, 1.54) is 0 Å². The Kier molecular flexibility index (Phi) is 4.15. The van der Waals surface area contributed by atoms with Crippen LogP contribution in [0.1, 0.15) is 40.5 Å². The summed E-state index contributed by atoms with van der Waals surface area (Å²) >= 11 is 0. The Balaban J connectivity index is 4.52. The molecule has 0 aromatic heterocycles. The van der Waals surface area contributed by atoms with E-state index < -0.39 is 5.54 Å². The normalized spacial score (nSPS) is 18.0. The molecule has 0 N–H and O–H groups in total. The van der Waals surface area contributed by atoms with Crippen LogP contribution in [-0.2, 0) is 4.79 Å². The summed E-state index contributed by atoms with van der Waals surface area (Å²) in [4.78, 5) is 15.6. The van der Waals surface area contributed by atoms with E-state index in [2.05, 4.69) is 11.7 Å². The van der Waals surface area contributed by atoms with E-state index in [1.54, 1.807) is 0 Å². The average Bonchev–Trinajstić information content (AvgIpc) is 2.14. The fourth-order valence-corrected chi connectivity index (χ4v) is 1.08. The fraction of sp³-hybridized carbons (Fsp3) is 0.800. The number of nitrogens with zero attached hydrogens (tertiary/aromatic N) is 1. The zero-order valence-corrected chi connectivity index (χ0v) is 8.55. The van der Waals surface area contributed by atoms with Gasteiger partial charge in [-0.3, -0.25) is 9.79 Å². The monoisotopic (exact) mass is 169 g/mol. The van der Waals surface area contributed by atoms with E-state index in [4.69, 9.17) is 0 Å². The highest BCUT2D eigenvalue weighted by Gasteiger charge is 2.31. The van der Waals surface area contributed by atoms with Crippen molar-refractivity contribution < 1.29 is 4.79 Å². The Bertz CT molecular complexity index is 177. The Morgan fingerprint density at radius 3 is 2.33 bits per heavy atom. The third-order valence-electron chi connectivity index (χ3n) is 2.63. The van der Waals surface area contributed by atoms with Crippen LogP contribution in [0.15, 0.2) is 4.99 Å². The highest BCUT2D eigenvalue weighted by Crippen LogP contribution is 2.21. The maximum atomic E-state index is 11.7. The van der Waals surface area contributed by atoms with Gasteiger partial charge >= 0.3 is 0 Å². The smallest absolute Gasteiger partial charge is 0.162 e. The van der Waals surface area contributed by atoms with E-state index >= 15 is 0 Å². The molecule has 0 saturated carbocycles. The van der Waals surface area contributed by atoms with Crippen LogP contribution in [0.3, 0.4) is 0 Å². The minimum Gasteiger partial charge on any atom is -0.297 e. The van der Waals surface area contributed by atoms with Gasteiger partial charge in [-0.1, -0.05) is 20.8 Å². The van der Waals surface area contributed by atoms with E-state index in [-0.39, 0.29) is 11.7 Å². The topological polar surface area (TPSA) is 29.4 Å². The molecule has 0 fully saturated rings. The second-order valence-electron chi connectivity index (χ2n) is 3.46. The predicted molar refractivity (Wildman–Crippen MR) is 52.7 cm³/mol. The van der Waals surface area contributed by atoms with Crippen molar-refractivity contribution in [1.29, 1.82) is 0 Å². The van der Waals surface area contributed by atoms with E-state index in [0.29, 0.717) is 0 Å². The van der Waals surface area contributed by atoms with Crippen LogP contribution in [0.4, 0.5) is 0 Å². The summed E-state index contributed by atoms with van der Waals surface area (Å²) in [5.41, 5.74) is -0.560. The molecule has 2 nitrogen and oxygen atoms in total. The molecule has 0 aliphatic heterocycles. The second kappa shape index (κ2) is 4.39. The molecule has 70 valence electrons. The molecule has 0 amide bonds. The molecule has 0 spiro atoms. The zero-order valence-electron chi connectivity index (χ0n) is 8.55. The summed E-state index contributed by atoms with van der Waals surface area (Å²) in [6.07, 6.45) is 1.61. The third-order valence-corrected chi connectivity index (χ3v) is 2.63. The van der Waals surface area contributed by atoms with Gasteiger partial charge in [0.25, 0.3) is 0 Å². The number of ketones is 1. The molecular weight excluding hydrogens is 150 g/mol. The van der Waals surface area contributed by atoms with Crippen molar-refractivity contribution in [2.75, 3.05) is 0 Å². The average molecular weight is 169 g/mol. The maximum Gasteiger partial charge on any atom is 0.162 e. The van der Waals surface area contributed by atoms with Gasteiger partial charge in [0.1, 0.15) is 5.54 Å². The van der Waals surface area contributed by atoms with Crippen LogP contribution in [0.25, 0.3) is 0 Å². The molecular formula is C10H19NO. The molecule has 0 heterocycles. The van der Waals surface area contributed by atoms with Gasteiger partial charge in [-0.2, -0.15) is 0 Å². The Labute approximate surface area is 75.1 Å². The van der Waals surface area contributed by atoms with Crippen molar-refractivity contribution in [3.8, 4) is 0 Å². The minimum absolute atomic E-state index is 0.0976. The van der Waals surface area contributed by atoms with Crippen molar-refractivity contribution in [2.45, 2.75) is 46.1 Å².